The van der Waals surface area contributed by atoms with Gasteiger partial charge in [0, 0.05) is 11.9 Å². The summed E-state index contributed by atoms with van der Waals surface area (Å²) < 4.78 is 0. The maximum atomic E-state index is 12.4. The van der Waals surface area contributed by atoms with E-state index in [0.29, 0.717) is 19.4 Å². The number of amides is 4. The van der Waals surface area contributed by atoms with Crippen LogP contribution in [0, 0.1) is 0 Å². The van der Waals surface area contributed by atoms with Crippen molar-refractivity contribution in [2.45, 2.75) is 38.8 Å². The van der Waals surface area contributed by atoms with Gasteiger partial charge in [-0.2, -0.15) is 0 Å². The highest BCUT2D eigenvalue weighted by atomic mass is 32.1. The molecule has 120 valence electrons. The van der Waals surface area contributed by atoms with E-state index in [1.807, 2.05) is 31.4 Å². The van der Waals surface area contributed by atoms with Crippen LogP contribution in [0.2, 0.25) is 0 Å². The minimum Gasteiger partial charge on any atom is -0.339 e. The smallest absolute Gasteiger partial charge is 0.325 e. The van der Waals surface area contributed by atoms with Crippen LogP contribution in [0.4, 0.5) is 4.79 Å². The molecule has 0 radical (unpaired) electrons. The Morgan fingerprint density at radius 3 is 2.55 bits per heavy atom. The maximum Gasteiger partial charge on any atom is 0.325 e. The number of rotatable bonds is 6. The lowest BCUT2D eigenvalue weighted by atomic mass is 9.93. The zero-order valence-corrected chi connectivity index (χ0v) is 13.9. The van der Waals surface area contributed by atoms with Crippen LogP contribution in [0.1, 0.15) is 31.6 Å². The van der Waals surface area contributed by atoms with Crippen molar-refractivity contribution < 1.29 is 14.4 Å². The third kappa shape index (κ3) is 2.99. The average Bonchev–Trinajstić information content (AvgIpc) is 3.09. The molecule has 1 saturated heterocycles. The minimum absolute atomic E-state index is 0.214. The molecule has 1 N–H and O–H groups in total. The van der Waals surface area contributed by atoms with E-state index in [1.165, 1.54) is 4.90 Å². The van der Waals surface area contributed by atoms with Crippen LogP contribution < -0.4 is 5.32 Å². The summed E-state index contributed by atoms with van der Waals surface area (Å²) >= 11 is 1.57. The number of thiophene rings is 1. The summed E-state index contributed by atoms with van der Waals surface area (Å²) in [6, 6.07) is 3.39. The van der Waals surface area contributed by atoms with Gasteiger partial charge in [0.1, 0.15) is 12.1 Å². The Labute approximate surface area is 134 Å². The van der Waals surface area contributed by atoms with E-state index in [4.69, 9.17) is 0 Å². The molecule has 1 fully saturated rings. The number of likely N-dealkylation sites (N-methyl/N-ethyl adjacent to an activating group) is 1. The van der Waals surface area contributed by atoms with Gasteiger partial charge < -0.3 is 10.2 Å². The Morgan fingerprint density at radius 1 is 1.36 bits per heavy atom. The Balaban J connectivity index is 2.02. The second-order valence-electron chi connectivity index (χ2n) is 5.44. The summed E-state index contributed by atoms with van der Waals surface area (Å²) in [4.78, 5) is 40.3. The molecule has 4 amide bonds. The van der Waals surface area contributed by atoms with E-state index >= 15 is 0 Å². The molecule has 2 heterocycles. The van der Waals surface area contributed by atoms with Gasteiger partial charge in [-0.15, -0.1) is 11.3 Å². The van der Waals surface area contributed by atoms with Gasteiger partial charge >= 0.3 is 6.03 Å². The quantitative estimate of drug-likeness (QED) is 0.812. The maximum absolute atomic E-state index is 12.4. The second-order valence-corrected chi connectivity index (χ2v) is 6.47. The van der Waals surface area contributed by atoms with Crippen molar-refractivity contribution in [1.82, 2.24) is 15.1 Å². The van der Waals surface area contributed by atoms with Crippen LogP contribution in [-0.4, -0.2) is 46.8 Å². The third-order valence-electron chi connectivity index (χ3n) is 4.15. The molecule has 1 aromatic heterocycles. The monoisotopic (exact) mass is 323 g/mol. The largest absolute Gasteiger partial charge is 0.339 e. The Kier molecular flexibility index (Phi) is 4.85. The van der Waals surface area contributed by atoms with Crippen molar-refractivity contribution in [3.05, 3.63) is 22.4 Å². The molecule has 2 rings (SSSR count). The number of hydrogen-bond donors (Lipinski definition) is 1. The van der Waals surface area contributed by atoms with Crippen molar-refractivity contribution in [3.63, 3.8) is 0 Å². The standard InChI is InChI=1S/C15H21N3O3S/c1-4-15(5-2)13(20)18(14(21)16-15)10-12(19)17(3)9-11-7-6-8-22-11/h6-8H,4-5,9-10H2,1-3H3,(H,16,21). The van der Waals surface area contributed by atoms with Crippen molar-refractivity contribution in [2.75, 3.05) is 13.6 Å². The molecule has 0 unspecified atom stereocenters. The molecule has 0 aromatic carbocycles. The van der Waals surface area contributed by atoms with Crippen molar-refractivity contribution in [2.24, 2.45) is 0 Å². The second kappa shape index (κ2) is 6.48. The number of hydrogen-bond acceptors (Lipinski definition) is 4. The molecule has 7 heteroatoms. The van der Waals surface area contributed by atoms with Crippen LogP contribution in [-0.2, 0) is 16.1 Å². The Hall–Kier alpha value is -1.89. The molecule has 1 aromatic rings. The number of urea groups is 1. The zero-order valence-electron chi connectivity index (χ0n) is 13.1. The van der Waals surface area contributed by atoms with Gasteiger partial charge in [0.2, 0.25) is 5.91 Å². The lowest BCUT2D eigenvalue weighted by Gasteiger charge is -2.23. The number of nitrogens with zero attached hydrogens (tertiary/aromatic N) is 2. The summed E-state index contributed by atoms with van der Waals surface area (Å²) in [5.41, 5.74) is -0.857. The van der Waals surface area contributed by atoms with Crippen LogP contribution >= 0.6 is 11.3 Å². The highest BCUT2D eigenvalue weighted by molar-refractivity contribution is 7.09. The first-order valence-electron chi connectivity index (χ1n) is 7.34. The fraction of sp³-hybridized carbons (Fsp3) is 0.533. The third-order valence-corrected chi connectivity index (χ3v) is 5.01. The van der Waals surface area contributed by atoms with Crippen molar-refractivity contribution in [1.29, 1.82) is 0 Å². The molecule has 1 aliphatic heterocycles. The number of carbonyl (C=O) groups is 3. The molecule has 22 heavy (non-hydrogen) atoms. The topological polar surface area (TPSA) is 69.7 Å². The molecular formula is C15H21N3O3S. The zero-order chi connectivity index (χ0) is 16.3. The van der Waals surface area contributed by atoms with E-state index < -0.39 is 11.6 Å². The number of imide groups is 1. The SMILES string of the molecule is CCC1(CC)NC(=O)N(CC(=O)N(C)Cc2cccs2)C1=O. The number of nitrogens with one attached hydrogen (secondary N) is 1. The van der Waals surface area contributed by atoms with E-state index in [2.05, 4.69) is 5.32 Å². The van der Waals surface area contributed by atoms with E-state index in [1.54, 1.807) is 18.4 Å². The predicted octanol–water partition coefficient (Wildman–Crippen LogP) is 1.82. The summed E-state index contributed by atoms with van der Waals surface area (Å²) in [6.45, 7) is 3.98. The van der Waals surface area contributed by atoms with Crippen molar-refractivity contribution >= 4 is 29.2 Å². The molecule has 6 nitrogen and oxygen atoms in total. The fourth-order valence-corrected chi connectivity index (χ4v) is 3.29. The first-order chi connectivity index (χ1) is 10.4. The van der Waals surface area contributed by atoms with E-state index in [-0.39, 0.29) is 18.4 Å². The first kappa shape index (κ1) is 16.5. The lowest BCUT2D eigenvalue weighted by molar-refractivity contribution is -0.138. The molecule has 0 atom stereocenters. The van der Waals surface area contributed by atoms with Crippen LogP contribution in [0.5, 0.6) is 0 Å². The minimum atomic E-state index is -0.857. The first-order valence-corrected chi connectivity index (χ1v) is 8.22. The highest BCUT2D eigenvalue weighted by Gasteiger charge is 2.49. The summed E-state index contributed by atoms with van der Waals surface area (Å²) in [6.07, 6.45) is 1.04. The van der Waals surface area contributed by atoms with Gasteiger partial charge in [0.25, 0.3) is 5.91 Å². The summed E-state index contributed by atoms with van der Waals surface area (Å²) in [7, 11) is 1.67. The van der Waals surface area contributed by atoms with Gasteiger partial charge in [-0.3, -0.25) is 14.5 Å². The summed E-state index contributed by atoms with van der Waals surface area (Å²) in [5, 5.41) is 4.67. The van der Waals surface area contributed by atoms with Gasteiger partial charge in [0.05, 0.1) is 6.54 Å². The van der Waals surface area contributed by atoms with Crippen LogP contribution in [0.25, 0.3) is 0 Å². The Morgan fingerprint density at radius 2 is 2.05 bits per heavy atom. The highest BCUT2D eigenvalue weighted by Crippen LogP contribution is 2.24. The normalized spacial score (nSPS) is 16.8. The molecule has 0 bridgehead atoms. The summed E-state index contributed by atoms with van der Waals surface area (Å²) in [5.74, 6) is -0.555. The van der Waals surface area contributed by atoms with Crippen LogP contribution in [0.15, 0.2) is 17.5 Å². The van der Waals surface area contributed by atoms with Crippen LogP contribution in [0.3, 0.4) is 0 Å². The number of carbonyl (C=O) groups excluding carboxylic acids is 3. The Bertz CT molecular complexity index is 567. The fourth-order valence-electron chi connectivity index (χ4n) is 2.53. The van der Waals surface area contributed by atoms with Crippen molar-refractivity contribution in [3.8, 4) is 0 Å². The van der Waals surface area contributed by atoms with E-state index in [9.17, 15) is 14.4 Å². The van der Waals surface area contributed by atoms with Gasteiger partial charge in [-0.1, -0.05) is 19.9 Å². The lowest BCUT2D eigenvalue weighted by Crippen LogP contribution is -2.46. The van der Waals surface area contributed by atoms with Gasteiger partial charge in [-0.25, -0.2) is 4.79 Å². The average molecular weight is 323 g/mol. The predicted molar refractivity (Wildman–Crippen MR) is 84.4 cm³/mol. The molecular weight excluding hydrogens is 302 g/mol. The molecule has 0 saturated carbocycles. The van der Waals surface area contributed by atoms with Gasteiger partial charge in [0.15, 0.2) is 0 Å². The van der Waals surface area contributed by atoms with E-state index in [0.717, 1.165) is 9.78 Å². The van der Waals surface area contributed by atoms with Gasteiger partial charge in [-0.05, 0) is 24.3 Å². The molecule has 0 aliphatic carbocycles. The molecule has 1 aliphatic rings. The molecule has 0 spiro atoms.